The van der Waals surface area contributed by atoms with Gasteiger partial charge in [0.2, 0.25) is 0 Å². The Morgan fingerprint density at radius 2 is 2.00 bits per heavy atom. The number of nitro groups is 1. The molecular weight excluding hydrogens is 282 g/mol. The number of carbonyl (C=O) groups is 2. The van der Waals surface area contributed by atoms with Gasteiger partial charge in [0.15, 0.2) is 0 Å². The first kappa shape index (κ1) is 18.3. The fourth-order valence-corrected chi connectivity index (χ4v) is 1.86. The van der Waals surface area contributed by atoms with E-state index in [0.29, 0.717) is 5.56 Å². The summed E-state index contributed by atoms with van der Waals surface area (Å²) in [7, 11) is 0. The molecule has 116 valence electrons. The molecule has 0 aliphatic heterocycles. The van der Waals surface area contributed by atoms with Crippen molar-refractivity contribution in [3.8, 4) is 0 Å². The van der Waals surface area contributed by atoms with Crippen LogP contribution in [-0.2, 0) is 11.2 Å². The van der Waals surface area contributed by atoms with Gasteiger partial charge in [-0.2, -0.15) is 0 Å². The summed E-state index contributed by atoms with van der Waals surface area (Å²) in [5, 5.41) is 22.1. The van der Waals surface area contributed by atoms with Crippen molar-refractivity contribution >= 4 is 17.7 Å². The van der Waals surface area contributed by atoms with E-state index in [-0.39, 0.29) is 23.1 Å². The monoisotopic (exact) mass is 299 g/mol. The molecule has 0 radical (unpaired) electrons. The summed E-state index contributed by atoms with van der Waals surface area (Å²) in [6, 6.07) is 0.604. The van der Waals surface area contributed by atoms with Gasteiger partial charge in [-0.05, 0) is 25.0 Å². The Morgan fingerprint density at radius 3 is 2.43 bits per heavy atom. The predicted octanol–water partition coefficient (Wildman–Crippen LogP) is 0.0509. The highest BCUT2D eigenvalue weighted by molar-refractivity contribution is 5.82. The van der Waals surface area contributed by atoms with Gasteiger partial charge in [0.1, 0.15) is 6.04 Å². The molecule has 0 fully saturated rings. The smallest absolute Gasteiger partial charge is 0.326 e. The van der Waals surface area contributed by atoms with Crippen LogP contribution in [0.5, 0.6) is 0 Å². The van der Waals surface area contributed by atoms with Crippen molar-refractivity contribution in [1.29, 1.82) is 0 Å². The first-order valence-electron chi connectivity index (χ1n) is 5.76. The third-order valence-corrected chi connectivity index (χ3v) is 3.06. The normalized spacial score (nSPS) is 11.1. The van der Waals surface area contributed by atoms with Gasteiger partial charge in [-0.1, -0.05) is 6.07 Å². The molecule has 0 unspecified atom stereocenters. The van der Waals surface area contributed by atoms with Gasteiger partial charge in [0.25, 0.3) is 5.69 Å². The van der Waals surface area contributed by atoms with Crippen molar-refractivity contribution in [3.05, 3.63) is 38.9 Å². The SMILES string of the molecule is Cc1ccc([N+](=O)[O-])c(C[C@H](NC(N)=O)C(=O)O)c1C.O. The molecule has 0 saturated heterocycles. The second-order valence-electron chi connectivity index (χ2n) is 4.37. The molecule has 0 aliphatic carbocycles. The zero-order chi connectivity index (χ0) is 15.4. The predicted molar refractivity (Wildman–Crippen MR) is 74.0 cm³/mol. The molecule has 1 atom stereocenters. The standard InChI is InChI=1S/C12H15N3O5.H2O/c1-6-3-4-10(15(19)20)8(7(6)2)5-9(11(16)17)14-12(13)18;/h3-4,9H,5H2,1-2H3,(H,16,17)(H3,13,14,18);1H2/t9-;/m0./s1. The van der Waals surface area contributed by atoms with E-state index in [4.69, 9.17) is 10.8 Å². The number of amides is 2. The van der Waals surface area contributed by atoms with E-state index in [9.17, 15) is 19.7 Å². The number of nitrogens with two attached hydrogens (primary N) is 1. The summed E-state index contributed by atoms with van der Waals surface area (Å²) < 4.78 is 0. The molecular formula is C12H17N3O6. The number of nitrogens with one attached hydrogen (secondary N) is 1. The lowest BCUT2D eigenvalue weighted by Gasteiger charge is -2.15. The van der Waals surface area contributed by atoms with Crippen LogP contribution >= 0.6 is 0 Å². The van der Waals surface area contributed by atoms with Gasteiger partial charge >= 0.3 is 12.0 Å². The lowest BCUT2D eigenvalue weighted by atomic mass is 9.95. The molecule has 1 aromatic carbocycles. The molecule has 6 N–H and O–H groups in total. The third kappa shape index (κ3) is 4.42. The second kappa shape index (κ2) is 7.20. The summed E-state index contributed by atoms with van der Waals surface area (Å²) in [6.45, 7) is 3.43. The first-order chi connectivity index (χ1) is 9.23. The molecule has 0 heterocycles. The zero-order valence-corrected chi connectivity index (χ0v) is 11.5. The van der Waals surface area contributed by atoms with Crippen molar-refractivity contribution in [2.24, 2.45) is 5.73 Å². The van der Waals surface area contributed by atoms with E-state index in [1.807, 2.05) is 0 Å². The Morgan fingerprint density at radius 1 is 1.43 bits per heavy atom. The topological polar surface area (TPSA) is 167 Å². The van der Waals surface area contributed by atoms with Crippen LogP contribution in [0.15, 0.2) is 12.1 Å². The molecule has 0 aromatic heterocycles. The number of nitro benzene ring substituents is 1. The Hall–Kier alpha value is -2.68. The van der Waals surface area contributed by atoms with Crippen LogP contribution in [-0.4, -0.2) is 33.5 Å². The molecule has 0 saturated carbocycles. The molecule has 0 spiro atoms. The Bertz CT molecular complexity index is 572. The number of aliphatic carboxylic acids is 1. The van der Waals surface area contributed by atoms with Crippen molar-refractivity contribution < 1.29 is 25.1 Å². The maximum atomic E-state index is 11.1. The number of urea groups is 1. The van der Waals surface area contributed by atoms with Gasteiger partial charge < -0.3 is 21.6 Å². The van der Waals surface area contributed by atoms with E-state index in [2.05, 4.69) is 5.32 Å². The molecule has 21 heavy (non-hydrogen) atoms. The summed E-state index contributed by atoms with van der Waals surface area (Å²) in [5.41, 5.74) is 6.42. The highest BCUT2D eigenvalue weighted by Crippen LogP contribution is 2.26. The molecule has 9 nitrogen and oxygen atoms in total. The van der Waals surface area contributed by atoms with Crippen molar-refractivity contribution in [1.82, 2.24) is 5.32 Å². The summed E-state index contributed by atoms with van der Waals surface area (Å²) >= 11 is 0. The largest absolute Gasteiger partial charge is 0.480 e. The van der Waals surface area contributed by atoms with Gasteiger partial charge in [0.05, 0.1) is 4.92 Å². The van der Waals surface area contributed by atoms with Gasteiger partial charge in [-0.3, -0.25) is 10.1 Å². The molecule has 1 rings (SSSR count). The highest BCUT2D eigenvalue weighted by atomic mass is 16.6. The van der Waals surface area contributed by atoms with E-state index < -0.39 is 23.0 Å². The number of benzene rings is 1. The highest BCUT2D eigenvalue weighted by Gasteiger charge is 2.25. The number of rotatable bonds is 5. The first-order valence-corrected chi connectivity index (χ1v) is 5.76. The number of carboxylic acids is 1. The fraction of sp³-hybridized carbons (Fsp3) is 0.333. The zero-order valence-electron chi connectivity index (χ0n) is 11.5. The van der Waals surface area contributed by atoms with Gasteiger partial charge in [0, 0.05) is 18.1 Å². The number of nitrogens with zero attached hydrogens (tertiary/aromatic N) is 1. The van der Waals surface area contributed by atoms with Crippen molar-refractivity contribution in [3.63, 3.8) is 0 Å². The lowest BCUT2D eigenvalue weighted by molar-refractivity contribution is -0.385. The van der Waals surface area contributed by atoms with Crippen molar-refractivity contribution in [2.75, 3.05) is 0 Å². The minimum atomic E-state index is -1.31. The van der Waals surface area contributed by atoms with Gasteiger partial charge in [-0.25, -0.2) is 9.59 Å². The molecule has 0 aliphatic rings. The quantitative estimate of drug-likeness (QED) is 0.515. The van der Waals surface area contributed by atoms with E-state index in [0.717, 1.165) is 5.56 Å². The molecule has 1 aromatic rings. The van der Waals surface area contributed by atoms with Crippen LogP contribution in [0.4, 0.5) is 10.5 Å². The average Bonchev–Trinajstić information content (AvgIpc) is 2.32. The van der Waals surface area contributed by atoms with Crippen LogP contribution in [0.1, 0.15) is 16.7 Å². The minimum absolute atomic E-state index is 0. The number of carbonyl (C=O) groups excluding carboxylic acids is 1. The fourth-order valence-electron chi connectivity index (χ4n) is 1.86. The second-order valence-corrected chi connectivity index (χ2v) is 4.37. The van der Waals surface area contributed by atoms with Crippen LogP contribution in [0.3, 0.4) is 0 Å². The van der Waals surface area contributed by atoms with Crippen LogP contribution < -0.4 is 11.1 Å². The van der Waals surface area contributed by atoms with E-state index in [1.54, 1.807) is 19.9 Å². The minimum Gasteiger partial charge on any atom is -0.480 e. The molecule has 2 amide bonds. The summed E-state index contributed by atoms with van der Waals surface area (Å²) in [6.07, 6.45) is -0.206. The number of aryl methyl sites for hydroxylation is 1. The third-order valence-electron chi connectivity index (χ3n) is 3.06. The number of hydrogen-bond donors (Lipinski definition) is 3. The Labute approximate surface area is 120 Å². The molecule has 0 bridgehead atoms. The Kier molecular flexibility index (Phi) is 6.28. The lowest BCUT2D eigenvalue weighted by Crippen LogP contribution is -2.45. The van der Waals surface area contributed by atoms with E-state index >= 15 is 0 Å². The maximum Gasteiger partial charge on any atom is 0.326 e. The maximum absolute atomic E-state index is 11.1. The van der Waals surface area contributed by atoms with Crippen molar-refractivity contribution in [2.45, 2.75) is 26.3 Å². The van der Waals surface area contributed by atoms with E-state index in [1.165, 1.54) is 6.07 Å². The number of primary amides is 1. The number of carboxylic acid groups (broad SMARTS) is 1. The Balaban J connectivity index is 0.00000400. The van der Waals surface area contributed by atoms with Gasteiger partial charge in [-0.15, -0.1) is 0 Å². The summed E-state index contributed by atoms with van der Waals surface area (Å²) in [5.74, 6) is -1.31. The van der Waals surface area contributed by atoms with Crippen LogP contribution in [0.25, 0.3) is 0 Å². The molecule has 9 heteroatoms. The van der Waals surface area contributed by atoms with Crippen LogP contribution in [0.2, 0.25) is 0 Å². The number of hydrogen-bond acceptors (Lipinski definition) is 4. The average molecular weight is 299 g/mol. The summed E-state index contributed by atoms with van der Waals surface area (Å²) in [4.78, 5) is 32.3. The van der Waals surface area contributed by atoms with Crippen LogP contribution in [0, 0.1) is 24.0 Å².